The highest BCUT2D eigenvalue weighted by molar-refractivity contribution is 6.18. The highest BCUT2D eigenvalue weighted by Crippen LogP contribution is 2.13. The van der Waals surface area contributed by atoms with E-state index in [4.69, 9.17) is 11.6 Å². The molecule has 76 valence electrons. The number of halogens is 1. The largest absolute Gasteiger partial charge is 0.382 e. The number of nitrogens with one attached hydrogen (secondary N) is 1. The van der Waals surface area contributed by atoms with Gasteiger partial charge in [-0.3, -0.25) is 0 Å². The van der Waals surface area contributed by atoms with Crippen molar-refractivity contribution in [3.05, 3.63) is 41.5 Å². The minimum absolute atomic E-state index is 0.578. The number of allylic oxidation sites excluding steroid dienone is 1. The van der Waals surface area contributed by atoms with Crippen LogP contribution >= 0.6 is 11.6 Å². The van der Waals surface area contributed by atoms with Crippen molar-refractivity contribution in [2.45, 2.75) is 13.8 Å². The van der Waals surface area contributed by atoms with Gasteiger partial charge in [-0.1, -0.05) is 18.2 Å². The van der Waals surface area contributed by atoms with Gasteiger partial charge in [0, 0.05) is 18.1 Å². The minimum atomic E-state index is 0.578. The summed E-state index contributed by atoms with van der Waals surface area (Å²) in [5, 5.41) is 3.32. The minimum Gasteiger partial charge on any atom is -0.382 e. The van der Waals surface area contributed by atoms with Crippen LogP contribution in [0.5, 0.6) is 0 Å². The molecule has 1 N–H and O–H groups in total. The summed E-state index contributed by atoms with van der Waals surface area (Å²) in [6.45, 7) is 5.04. The Kier molecular flexibility index (Phi) is 4.54. The van der Waals surface area contributed by atoms with Crippen molar-refractivity contribution in [3.63, 3.8) is 0 Å². The van der Waals surface area contributed by atoms with Crippen molar-refractivity contribution < 1.29 is 0 Å². The lowest BCUT2D eigenvalue weighted by molar-refractivity contribution is 1.29. The summed E-state index contributed by atoms with van der Waals surface area (Å²) in [7, 11) is 0. The molecule has 1 aromatic carbocycles. The molecule has 1 rings (SSSR count). The van der Waals surface area contributed by atoms with Crippen LogP contribution in [0.2, 0.25) is 0 Å². The van der Waals surface area contributed by atoms with Gasteiger partial charge in [-0.15, -0.1) is 11.6 Å². The standard InChI is InChI=1S/C12H16ClN/c1-10-7-11(2)9-12(8-10)14-6-4-3-5-13/h3-4,7-9,14H,5-6H2,1-2H3/b4-3+. The molecule has 0 aliphatic heterocycles. The molecule has 0 saturated heterocycles. The smallest absolute Gasteiger partial charge is 0.0404 e. The van der Waals surface area contributed by atoms with Crippen molar-refractivity contribution in [2.75, 3.05) is 17.7 Å². The maximum atomic E-state index is 5.52. The van der Waals surface area contributed by atoms with Gasteiger partial charge >= 0.3 is 0 Å². The second-order valence-corrected chi connectivity index (χ2v) is 3.69. The normalized spacial score (nSPS) is 10.8. The lowest BCUT2D eigenvalue weighted by atomic mass is 10.1. The molecular formula is C12H16ClN. The van der Waals surface area contributed by atoms with E-state index < -0.39 is 0 Å². The Morgan fingerprint density at radius 3 is 2.36 bits per heavy atom. The Balaban J connectivity index is 2.54. The molecule has 2 heteroatoms. The van der Waals surface area contributed by atoms with Gasteiger partial charge < -0.3 is 5.32 Å². The third kappa shape index (κ3) is 3.84. The van der Waals surface area contributed by atoms with Crippen LogP contribution in [0, 0.1) is 13.8 Å². The van der Waals surface area contributed by atoms with Crippen LogP contribution in [0.3, 0.4) is 0 Å². The molecule has 1 aromatic rings. The summed E-state index contributed by atoms with van der Waals surface area (Å²) in [6.07, 6.45) is 3.97. The molecule has 0 amide bonds. The summed E-state index contributed by atoms with van der Waals surface area (Å²) in [6, 6.07) is 6.45. The highest BCUT2D eigenvalue weighted by Gasteiger charge is 1.92. The molecular weight excluding hydrogens is 194 g/mol. The number of alkyl halides is 1. The molecule has 0 heterocycles. The van der Waals surface area contributed by atoms with E-state index in [1.165, 1.54) is 16.8 Å². The van der Waals surface area contributed by atoms with Crippen LogP contribution in [0.4, 0.5) is 5.69 Å². The molecule has 0 bridgehead atoms. The highest BCUT2D eigenvalue weighted by atomic mass is 35.5. The third-order valence-electron chi connectivity index (χ3n) is 1.90. The number of anilines is 1. The first kappa shape index (κ1) is 11.1. The van der Waals surface area contributed by atoms with Gasteiger partial charge in [-0.05, 0) is 37.1 Å². The monoisotopic (exact) mass is 209 g/mol. The van der Waals surface area contributed by atoms with Crippen molar-refractivity contribution in [1.82, 2.24) is 0 Å². The van der Waals surface area contributed by atoms with Gasteiger partial charge in [0.15, 0.2) is 0 Å². The summed E-state index contributed by atoms with van der Waals surface area (Å²) >= 11 is 5.52. The van der Waals surface area contributed by atoms with Gasteiger partial charge in [-0.25, -0.2) is 0 Å². The molecule has 0 saturated carbocycles. The van der Waals surface area contributed by atoms with Crippen LogP contribution in [0.15, 0.2) is 30.4 Å². The van der Waals surface area contributed by atoms with Gasteiger partial charge in [0.05, 0.1) is 0 Å². The van der Waals surface area contributed by atoms with E-state index in [1.807, 2.05) is 12.2 Å². The number of aryl methyl sites for hydroxylation is 2. The summed E-state index contributed by atoms with van der Waals surface area (Å²) in [5.74, 6) is 0.578. The molecule has 0 atom stereocenters. The predicted octanol–water partition coefficient (Wildman–Crippen LogP) is 3.51. The Morgan fingerprint density at radius 1 is 1.14 bits per heavy atom. The Morgan fingerprint density at radius 2 is 1.79 bits per heavy atom. The average Bonchev–Trinajstić information content (AvgIpc) is 2.11. The van der Waals surface area contributed by atoms with E-state index in [9.17, 15) is 0 Å². The van der Waals surface area contributed by atoms with Crippen molar-refractivity contribution in [2.24, 2.45) is 0 Å². The maximum absolute atomic E-state index is 5.52. The molecule has 0 aliphatic carbocycles. The predicted molar refractivity (Wildman–Crippen MR) is 64.3 cm³/mol. The quantitative estimate of drug-likeness (QED) is 0.591. The van der Waals surface area contributed by atoms with E-state index in [0.717, 1.165) is 6.54 Å². The molecule has 1 nitrogen and oxygen atoms in total. The summed E-state index contributed by atoms with van der Waals surface area (Å²) in [5.41, 5.74) is 3.74. The van der Waals surface area contributed by atoms with Gasteiger partial charge in [0.25, 0.3) is 0 Å². The maximum Gasteiger partial charge on any atom is 0.0404 e. The van der Waals surface area contributed by atoms with E-state index >= 15 is 0 Å². The molecule has 0 radical (unpaired) electrons. The van der Waals surface area contributed by atoms with Gasteiger partial charge in [0.1, 0.15) is 0 Å². The summed E-state index contributed by atoms with van der Waals surface area (Å²) in [4.78, 5) is 0. The molecule has 0 aromatic heterocycles. The zero-order valence-electron chi connectivity index (χ0n) is 8.68. The summed E-state index contributed by atoms with van der Waals surface area (Å²) < 4.78 is 0. The van der Waals surface area contributed by atoms with Crippen molar-refractivity contribution >= 4 is 17.3 Å². The Hall–Kier alpha value is -0.950. The first-order valence-corrected chi connectivity index (χ1v) is 5.29. The third-order valence-corrected chi connectivity index (χ3v) is 2.08. The second kappa shape index (κ2) is 5.71. The molecule has 0 aliphatic rings. The van der Waals surface area contributed by atoms with E-state index in [1.54, 1.807) is 0 Å². The van der Waals surface area contributed by atoms with Crippen LogP contribution in [0.25, 0.3) is 0 Å². The Labute approximate surface area is 90.8 Å². The fraction of sp³-hybridized carbons (Fsp3) is 0.333. The first-order valence-electron chi connectivity index (χ1n) is 4.75. The zero-order chi connectivity index (χ0) is 10.4. The SMILES string of the molecule is Cc1cc(C)cc(NC/C=C/CCl)c1. The number of benzene rings is 1. The molecule has 0 unspecified atom stereocenters. The number of hydrogen-bond donors (Lipinski definition) is 1. The topological polar surface area (TPSA) is 12.0 Å². The van der Waals surface area contributed by atoms with E-state index in [-0.39, 0.29) is 0 Å². The fourth-order valence-electron chi connectivity index (χ4n) is 1.40. The van der Waals surface area contributed by atoms with Gasteiger partial charge in [0.2, 0.25) is 0 Å². The van der Waals surface area contributed by atoms with Crippen LogP contribution < -0.4 is 5.32 Å². The first-order chi connectivity index (χ1) is 6.72. The van der Waals surface area contributed by atoms with Crippen molar-refractivity contribution in [3.8, 4) is 0 Å². The molecule has 0 spiro atoms. The zero-order valence-corrected chi connectivity index (χ0v) is 9.43. The van der Waals surface area contributed by atoms with Gasteiger partial charge in [-0.2, -0.15) is 0 Å². The number of hydrogen-bond acceptors (Lipinski definition) is 1. The fourth-order valence-corrected chi connectivity index (χ4v) is 1.53. The lowest BCUT2D eigenvalue weighted by Gasteiger charge is -2.05. The lowest BCUT2D eigenvalue weighted by Crippen LogP contribution is -1.98. The van der Waals surface area contributed by atoms with Crippen LogP contribution in [0.1, 0.15) is 11.1 Å². The van der Waals surface area contributed by atoms with E-state index in [2.05, 4.69) is 37.4 Å². The van der Waals surface area contributed by atoms with Crippen LogP contribution in [-0.4, -0.2) is 12.4 Å². The van der Waals surface area contributed by atoms with Crippen molar-refractivity contribution in [1.29, 1.82) is 0 Å². The molecule has 14 heavy (non-hydrogen) atoms. The van der Waals surface area contributed by atoms with E-state index in [0.29, 0.717) is 5.88 Å². The molecule has 0 fully saturated rings. The number of rotatable bonds is 4. The average molecular weight is 210 g/mol. The Bertz CT molecular complexity index is 298. The van der Waals surface area contributed by atoms with Crippen LogP contribution in [-0.2, 0) is 0 Å². The second-order valence-electron chi connectivity index (χ2n) is 3.38.